The molecule has 2 N–H and O–H groups in total. The number of rotatable bonds is 11. The van der Waals surface area contributed by atoms with E-state index in [0.717, 1.165) is 12.0 Å². The lowest BCUT2D eigenvalue weighted by Gasteiger charge is -2.11. The molecule has 0 bridgehead atoms. The summed E-state index contributed by atoms with van der Waals surface area (Å²) in [5, 5.41) is 13.3. The predicted molar refractivity (Wildman–Crippen MR) is 133 cm³/mol. The molecule has 0 heterocycles. The first-order valence-corrected chi connectivity index (χ1v) is 11.2. The molecule has 9 heteroatoms. The topological polar surface area (TPSA) is 106 Å². The summed E-state index contributed by atoms with van der Waals surface area (Å²) in [4.78, 5) is 23.4. The second-order valence-corrected chi connectivity index (χ2v) is 7.80. The number of methoxy groups -OCH3 is 1. The van der Waals surface area contributed by atoms with Crippen molar-refractivity contribution >= 4 is 29.7 Å². The number of benzene rings is 3. The first-order valence-electron chi connectivity index (χ1n) is 10.8. The van der Waals surface area contributed by atoms with E-state index in [9.17, 15) is 9.59 Å². The Morgan fingerprint density at radius 3 is 2.34 bits per heavy atom. The zero-order chi connectivity index (χ0) is 25.2. The lowest BCUT2D eigenvalue weighted by Crippen LogP contribution is -2.17. The predicted octanol–water partition coefficient (Wildman–Crippen LogP) is 5.18. The number of carboxylic acid groups (broad SMARTS) is 1. The largest absolute Gasteiger partial charge is 0.493 e. The normalized spacial score (nSPS) is 10.7. The number of ether oxygens (including phenoxy) is 3. The van der Waals surface area contributed by atoms with Gasteiger partial charge in [-0.2, -0.15) is 5.10 Å². The van der Waals surface area contributed by atoms with Crippen LogP contribution in [0.15, 0.2) is 65.8 Å². The van der Waals surface area contributed by atoms with Crippen molar-refractivity contribution in [2.75, 3.05) is 13.7 Å². The van der Waals surface area contributed by atoms with Crippen LogP contribution < -0.4 is 19.6 Å². The molecular formula is C26H25ClN2O6. The quantitative estimate of drug-likeness (QED) is 0.280. The first-order chi connectivity index (χ1) is 16.9. The van der Waals surface area contributed by atoms with Crippen molar-refractivity contribution in [3.8, 4) is 17.2 Å². The molecular weight excluding hydrogens is 472 g/mol. The minimum absolute atomic E-state index is 0.208. The van der Waals surface area contributed by atoms with Gasteiger partial charge in [-0.1, -0.05) is 30.7 Å². The SMILES string of the molecule is CCCOc1ccc(C(=O)N/N=C/c2ccc(OCc3ccc(C(=O)O)cc3)c(Cl)c2)cc1OC. The van der Waals surface area contributed by atoms with Gasteiger partial charge >= 0.3 is 5.97 Å². The fourth-order valence-electron chi connectivity index (χ4n) is 2.99. The molecule has 8 nitrogen and oxygen atoms in total. The molecule has 0 saturated carbocycles. The van der Waals surface area contributed by atoms with Gasteiger partial charge in [0.15, 0.2) is 11.5 Å². The molecule has 0 aliphatic rings. The van der Waals surface area contributed by atoms with Crippen LogP contribution in [0.1, 0.15) is 45.2 Å². The molecule has 0 aromatic heterocycles. The van der Waals surface area contributed by atoms with Crippen molar-refractivity contribution in [3.05, 3.63) is 87.9 Å². The minimum Gasteiger partial charge on any atom is -0.493 e. The van der Waals surface area contributed by atoms with Crippen LogP contribution in [0.4, 0.5) is 0 Å². The molecule has 35 heavy (non-hydrogen) atoms. The van der Waals surface area contributed by atoms with Crippen molar-refractivity contribution in [2.24, 2.45) is 5.10 Å². The third-order valence-electron chi connectivity index (χ3n) is 4.82. The smallest absolute Gasteiger partial charge is 0.335 e. The lowest BCUT2D eigenvalue weighted by molar-refractivity contribution is 0.0696. The van der Waals surface area contributed by atoms with Gasteiger partial charge in [0.1, 0.15) is 12.4 Å². The molecule has 3 aromatic carbocycles. The highest BCUT2D eigenvalue weighted by atomic mass is 35.5. The van der Waals surface area contributed by atoms with Gasteiger partial charge in [0.25, 0.3) is 5.91 Å². The Morgan fingerprint density at radius 1 is 0.971 bits per heavy atom. The number of nitrogens with one attached hydrogen (secondary N) is 1. The van der Waals surface area contributed by atoms with Crippen molar-refractivity contribution in [1.29, 1.82) is 0 Å². The third-order valence-corrected chi connectivity index (χ3v) is 5.11. The number of hydrogen-bond acceptors (Lipinski definition) is 6. The monoisotopic (exact) mass is 496 g/mol. The van der Waals surface area contributed by atoms with E-state index >= 15 is 0 Å². The molecule has 3 aromatic rings. The first kappa shape index (κ1) is 25.6. The van der Waals surface area contributed by atoms with Gasteiger partial charge in [-0.15, -0.1) is 0 Å². The molecule has 0 radical (unpaired) electrons. The highest BCUT2D eigenvalue weighted by Crippen LogP contribution is 2.28. The summed E-state index contributed by atoms with van der Waals surface area (Å²) in [6.07, 6.45) is 2.33. The summed E-state index contributed by atoms with van der Waals surface area (Å²) >= 11 is 6.31. The summed E-state index contributed by atoms with van der Waals surface area (Å²) in [5.74, 6) is 0.122. The number of hydrogen-bond donors (Lipinski definition) is 2. The average Bonchev–Trinajstić information content (AvgIpc) is 2.87. The number of carboxylic acids is 1. The van der Waals surface area contributed by atoms with Gasteiger partial charge in [0.05, 0.1) is 30.5 Å². The number of amides is 1. The zero-order valence-corrected chi connectivity index (χ0v) is 20.0. The molecule has 1 amide bonds. The Kier molecular flexibility index (Phi) is 9.09. The van der Waals surface area contributed by atoms with E-state index in [2.05, 4.69) is 10.5 Å². The van der Waals surface area contributed by atoms with E-state index in [1.165, 1.54) is 25.5 Å². The van der Waals surface area contributed by atoms with Crippen LogP contribution in [0.2, 0.25) is 5.02 Å². The third kappa shape index (κ3) is 7.22. The maximum atomic E-state index is 12.4. The van der Waals surface area contributed by atoms with Gasteiger partial charge < -0.3 is 19.3 Å². The van der Waals surface area contributed by atoms with E-state index in [1.807, 2.05) is 6.92 Å². The molecule has 0 fully saturated rings. The Morgan fingerprint density at radius 2 is 1.69 bits per heavy atom. The number of nitrogens with zero attached hydrogens (tertiary/aromatic N) is 1. The standard InChI is InChI=1S/C26H25ClN2O6/c1-3-12-34-23-11-9-20(14-24(23)33-2)25(30)29-28-15-18-6-10-22(21(27)13-18)35-16-17-4-7-19(8-5-17)26(31)32/h4-11,13-15H,3,12,16H2,1-2H3,(H,29,30)(H,31,32)/b28-15+. The van der Waals surface area contributed by atoms with E-state index in [4.69, 9.17) is 30.9 Å². The number of carbonyl (C=O) groups excluding carboxylic acids is 1. The number of hydrazone groups is 1. The number of aromatic carboxylic acids is 1. The van der Waals surface area contributed by atoms with E-state index < -0.39 is 11.9 Å². The van der Waals surface area contributed by atoms with Crippen LogP contribution in [-0.2, 0) is 6.61 Å². The Balaban J connectivity index is 1.57. The van der Waals surface area contributed by atoms with Crippen LogP contribution in [0, 0.1) is 0 Å². The Bertz CT molecular complexity index is 1210. The van der Waals surface area contributed by atoms with Crippen LogP contribution in [0.25, 0.3) is 0 Å². The fourth-order valence-corrected chi connectivity index (χ4v) is 3.23. The van der Waals surface area contributed by atoms with Crippen LogP contribution in [0.3, 0.4) is 0 Å². The number of carbonyl (C=O) groups is 2. The van der Waals surface area contributed by atoms with Gasteiger partial charge in [-0.25, -0.2) is 10.2 Å². The second kappa shape index (κ2) is 12.4. The Labute approximate surface area is 208 Å². The molecule has 0 aliphatic carbocycles. The van der Waals surface area contributed by atoms with Crippen molar-refractivity contribution in [2.45, 2.75) is 20.0 Å². The highest BCUT2D eigenvalue weighted by Gasteiger charge is 2.11. The minimum atomic E-state index is -0.983. The molecule has 3 rings (SSSR count). The number of halogens is 1. The Hall–Kier alpha value is -4.04. The van der Waals surface area contributed by atoms with Crippen molar-refractivity contribution in [1.82, 2.24) is 5.43 Å². The maximum Gasteiger partial charge on any atom is 0.335 e. The second-order valence-electron chi connectivity index (χ2n) is 7.39. The average molecular weight is 497 g/mol. The molecule has 0 atom stereocenters. The summed E-state index contributed by atoms with van der Waals surface area (Å²) in [6, 6.07) is 16.4. The molecule has 0 aliphatic heterocycles. The zero-order valence-electron chi connectivity index (χ0n) is 19.3. The molecule has 182 valence electrons. The lowest BCUT2D eigenvalue weighted by atomic mass is 10.1. The van der Waals surface area contributed by atoms with Crippen molar-refractivity contribution < 1.29 is 28.9 Å². The van der Waals surface area contributed by atoms with Crippen molar-refractivity contribution in [3.63, 3.8) is 0 Å². The van der Waals surface area contributed by atoms with E-state index in [1.54, 1.807) is 48.5 Å². The van der Waals surface area contributed by atoms with Gasteiger partial charge in [-0.3, -0.25) is 4.79 Å². The molecule has 0 unspecified atom stereocenters. The summed E-state index contributed by atoms with van der Waals surface area (Å²) < 4.78 is 16.6. The van der Waals surface area contributed by atoms with Crippen LogP contribution in [-0.4, -0.2) is 36.9 Å². The maximum absolute atomic E-state index is 12.4. The molecule has 0 spiro atoms. The summed E-state index contributed by atoms with van der Waals surface area (Å²) in [5.41, 5.74) is 4.52. The highest BCUT2D eigenvalue weighted by molar-refractivity contribution is 6.32. The summed E-state index contributed by atoms with van der Waals surface area (Å²) in [6.45, 7) is 2.79. The van der Waals surface area contributed by atoms with Gasteiger partial charge in [0.2, 0.25) is 0 Å². The van der Waals surface area contributed by atoms with E-state index in [0.29, 0.717) is 40.0 Å². The van der Waals surface area contributed by atoms with Crippen LogP contribution in [0.5, 0.6) is 17.2 Å². The van der Waals surface area contributed by atoms with E-state index in [-0.39, 0.29) is 12.2 Å². The molecule has 0 saturated heterocycles. The van der Waals surface area contributed by atoms with Gasteiger partial charge in [0, 0.05) is 5.56 Å². The van der Waals surface area contributed by atoms with Crippen LogP contribution >= 0.6 is 11.6 Å². The summed E-state index contributed by atoms with van der Waals surface area (Å²) in [7, 11) is 1.51. The van der Waals surface area contributed by atoms with Gasteiger partial charge in [-0.05, 0) is 66.1 Å². The fraction of sp³-hybridized carbons (Fsp3) is 0.192.